The molecule has 0 bridgehead atoms. The Morgan fingerprint density at radius 1 is 0.538 bits per heavy atom. The molecule has 0 unspecified atom stereocenters. The van der Waals surface area contributed by atoms with Gasteiger partial charge in [-0.1, -0.05) is 97.3 Å². The van der Waals surface area contributed by atoms with Crippen molar-refractivity contribution in [2.24, 2.45) is 0 Å². The van der Waals surface area contributed by atoms with Crippen molar-refractivity contribution >= 4 is 0 Å². The molecule has 0 aliphatic heterocycles. The van der Waals surface area contributed by atoms with Gasteiger partial charge in [-0.15, -0.1) is 0 Å². The number of nitrogens with zero attached hydrogens (tertiary/aromatic N) is 1. The number of rotatable bonds is 18. The van der Waals surface area contributed by atoms with E-state index in [9.17, 15) is 0 Å². The van der Waals surface area contributed by atoms with Crippen molar-refractivity contribution < 1.29 is 4.57 Å². The molecule has 0 fully saturated rings. The van der Waals surface area contributed by atoms with E-state index >= 15 is 0 Å². The van der Waals surface area contributed by atoms with Gasteiger partial charge in [0.1, 0.15) is 6.54 Å². The van der Waals surface area contributed by atoms with Gasteiger partial charge in [-0.25, -0.2) is 4.57 Å². The lowest BCUT2D eigenvalue weighted by atomic mass is 10.0. The van der Waals surface area contributed by atoms with Crippen LogP contribution in [0, 0.1) is 0 Å². The molecule has 0 aromatic carbocycles. The second-order valence-electron chi connectivity index (χ2n) is 8.14. The van der Waals surface area contributed by atoms with Crippen molar-refractivity contribution in [2.45, 2.75) is 130 Å². The van der Waals surface area contributed by atoms with Crippen LogP contribution in [0.3, 0.4) is 0 Å². The third-order valence-electron chi connectivity index (χ3n) is 5.55. The Bertz CT molecular complexity index is 395. The van der Waals surface area contributed by atoms with E-state index in [1.165, 1.54) is 121 Å². The number of aryl methyl sites for hydroxylation is 2. The van der Waals surface area contributed by atoms with E-state index in [0.717, 1.165) is 0 Å². The molecule has 0 aliphatic carbocycles. The third kappa shape index (κ3) is 13.4. The third-order valence-corrected chi connectivity index (χ3v) is 5.55. The molecule has 26 heavy (non-hydrogen) atoms. The molecule has 0 saturated heterocycles. The van der Waals surface area contributed by atoms with Crippen LogP contribution in [0.4, 0.5) is 0 Å². The highest BCUT2D eigenvalue weighted by molar-refractivity contribution is 5.07. The Morgan fingerprint density at radius 2 is 0.962 bits per heavy atom. The van der Waals surface area contributed by atoms with Crippen LogP contribution in [0.1, 0.15) is 122 Å². The zero-order valence-electron chi connectivity index (χ0n) is 18.0. The van der Waals surface area contributed by atoms with Crippen LogP contribution in [0.2, 0.25) is 0 Å². The first-order valence-corrected chi connectivity index (χ1v) is 11.8. The summed E-state index contributed by atoms with van der Waals surface area (Å²) in [6, 6.07) is 4.68. The predicted octanol–water partition coefficient (Wildman–Crippen LogP) is 7.80. The van der Waals surface area contributed by atoms with Gasteiger partial charge in [0.2, 0.25) is 0 Å². The summed E-state index contributed by atoms with van der Waals surface area (Å²) in [7, 11) is 0. The van der Waals surface area contributed by atoms with Crippen molar-refractivity contribution in [1.29, 1.82) is 0 Å². The van der Waals surface area contributed by atoms with Gasteiger partial charge in [-0.3, -0.25) is 0 Å². The van der Waals surface area contributed by atoms with E-state index < -0.39 is 0 Å². The SMILES string of the molecule is CCCCCCCCCCCc1cc[n+](CCCCCCCCC)cc1. The van der Waals surface area contributed by atoms with Gasteiger partial charge in [0.05, 0.1) is 0 Å². The van der Waals surface area contributed by atoms with Crippen LogP contribution < -0.4 is 4.57 Å². The average molecular weight is 361 g/mol. The van der Waals surface area contributed by atoms with E-state index in [1.54, 1.807) is 0 Å². The molecule has 150 valence electrons. The molecule has 0 spiro atoms. The molecule has 1 rings (SSSR count). The highest BCUT2D eigenvalue weighted by Gasteiger charge is 2.01. The maximum Gasteiger partial charge on any atom is 0.169 e. The molecule has 1 aromatic heterocycles. The fraction of sp³-hybridized carbons (Fsp3) is 0.800. The van der Waals surface area contributed by atoms with E-state index in [-0.39, 0.29) is 0 Å². The molecule has 1 aromatic rings. The largest absolute Gasteiger partial charge is 0.205 e. The monoisotopic (exact) mass is 360 g/mol. The first-order valence-electron chi connectivity index (χ1n) is 11.8. The number of hydrogen-bond acceptors (Lipinski definition) is 0. The summed E-state index contributed by atoms with van der Waals surface area (Å²) in [6.07, 6.45) is 28.3. The van der Waals surface area contributed by atoms with Gasteiger partial charge < -0.3 is 0 Å². The normalized spacial score (nSPS) is 11.2. The first kappa shape index (κ1) is 23.2. The highest BCUT2D eigenvalue weighted by Crippen LogP contribution is 2.11. The van der Waals surface area contributed by atoms with Crippen LogP contribution in [0.5, 0.6) is 0 Å². The van der Waals surface area contributed by atoms with Crippen molar-refractivity contribution in [3.8, 4) is 0 Å². The maximum atomic E-state index is 2.37. The zero-order chi connectivity index (χ0) is 18.7. The Morgan fingerprint density at radius 3 is 1.46 bits per heavy atom. The Hall–Kier alpha value is -0.850. The molecular weight excluding hydrogens is 314 g/mol. The van der Waals surface area contributed by atoms with E-state index in [0.29, 0.717) is 0 Å². The summed E-state index contributed by atoms with van der Waals surface area (Å²) in [5, 5.41) is 0. The molecule has 0 radical (unpaired) electrons. The molecule has 0 atom stereocenters. The van der Waals surface area contributed by atoms with E-state index in [2.05, 4.69) is 42.9 Å². The van der Waals surface area contributed by atoms with Crippen LogP contribution in [-0.2, 0) is 13.0 Å². The van der Waals surface area contributed by atoms with Crippen molar-refractivity contribution in [3.05, 3.63) is 30.1 Å². The second kappa shape index (κ2) is 17.6. The van der Waals surface area contributed by atoms with E-state index in [1.807, 2.05) is 0 Å². The Labute approximate surface area is 164 Å². The minimum atomic E-state index is 1.19. The van der Waals surface area contributed by atoms with Gasteiger partial charge in [0.25, 0.3) is 0 Å². The fourth-order valence-electron chi connectivity index (χ4n) is 3.70. The van der Waals surface area contributed by atoms with Crippen LogP contribution >= 0.6 is 0 Å². The Balaban J connectivity index is 1.97. The minimum absolute atomic E-state index is 1.19. The number of pyridine rings is 1. The summed E-state index contributed by atoms with van der Waals surface area (Å²) in [5.41, 5.74) is 1.52. The Kier molecular flexibility index (Phi) is 15.7. The zero-order valence-corrected chi connectivity index (χ0v) is 18.0. The molecule has 1 nitrogen and oxygen atoms in total. The molecule has 0 saturated carbocycles. The first-order chi connectivity index (χ1) is 12.9. The topological polar surface area (TPSA) is 3.88 Å². The lowest BCUT2D eigenvalue weighted by Crippen LogP contribution is -2.32. The highest BCUT2D eigenvalue weighted by atomic mass is 14.9. The molecule has 0 aliphatic rings. The summed E-state index contributed by atoms with van der Waals surface area (Å²) in [4.78, 5) is 0. The lowest BCUT2D eigenvalue weighted by Gasteiger charge is -2.03. The van der Waals surface area contributed by atoms with Gasteiger partial charge in [-0.2, -0.15) is 0 Å². The quantitative estimate of drug-likeness (QED) is 0.186. The molecular formula is C25H46N+. The lowest BCUT2D eigenvalue weighted by molar-refractivity contribution is -0.697. The van der Waals surface area contributed by atoms with Crippen LogP contribution in [-0.4, -0.2) is 0 Å². The standard InChI is InChI=1S/C25H46N/c1-3-5-7-9-11-12-13-15-17-19-25-20-23-26(24-21-25)22-18-16-14-10-8-6-4-2/h20-21,23-24H,3-19,22H2,1-2H3/q+1. The average Bonchev–Trinajstić information content (AvgIpc) is 2.67. The summed E-state index contributed by atoms with van der Waals surface area (Å²) < 4.78 is 2.37. The van der Waals surface area contributed by atoms with Crippen LogP contribution in [0.25, 0.3) is 0 Å². The van der Waals surface area contributed by atoms with Gasteiger partial charge in [-0.05, 0) is 24.8 Å². The van der Waals surface area contributed by atoms with Crippen molar-refractivity contribution in [1.82, 2.24) is 0 Å². The summed E-state index contributed by atoms with van der Waals surface area (Å²) in [6.45, 7) is 5.77. The van der Waals surface area contributed by atoms with Gasteiger partial charge in [0, 0.05) is 18.6 Å². The molecule has 1 heterocycles. The predicted molar refractivity (Wildman–Crippen MR) is 116 cm³/mol. The van der Waals surface area contributed by atoms with Gasteiger partial charge in [0.15, 0.2) is 12.4 Å². The fourth-order valence-corrected chi connectivity index (χ4v) is 3.70. The second-order valence-corrected chi connectivity index (χ2v) is 8.14. The van der Waals surface area contributed by atoms with E-state index in [4.69, 9.17) is 0 Å². The van der Waals surface area contributed by atoms with Gasteiger partial charge >= 0.3 is 0 Å². The maximum absolute atomic E-state index is 2.37. The smallest absolute Gasteiger partial charge is 0.169 e. The summed E-state index contributed by atoms with van der Waals surface area (Å²) in [5.74, 6) is 0. The number of aromatic nitrogens is 1. The molecule has 0 N–H and O–H groups in total. The van der Waals surface area contributed by atoms with Crippen molar-refractivity contribution in [2.75, 3.05) is 0 Å². The number of unbranched alkanes of at least 4 members (excludes halogenated alkanes) is 14. The molecule has 0 amide bonds. The van der Waals surface area contributed by atoms with Crippen molar-refractivity contribution in [3.63, 3.8) is 0 Å². The summed E-state index contributed by atoms with van der Waals surface area (Å²) >= 11 is 0. The van der Waals surface area contributed by atoms with Crippen LogP contribution in [0.15, 0.2) is 24.5 Å². The number of hydrogen-bond donors (Lipinski definition) is 0. The molecule has 1 heteroatoms. The minimum Gasteiger partial charge on any atom is -0.205 e.